The lowest BCUT2D eigenvalue weighted by Gasteiger charge is -2.30. The molecule has 3 rings (SSSR count). The number of carbonyl (C=O) groups excluding carboxylic acids is 2. The molecule has 2 amide bonds. The average molecular weight is 384 g/mol. The van der Waals surface area contributed by atoms with E-state index in [2.05, 4.69) is 5.32 Å². The van der Waals surface area contributed by atoms with Crippen LogP contribution in [0.25, 0.3) is 0 Å². The number of nitrogens with zero attached hydrogens (tertiary/aromatic N) is 1. The normalized spacial score (nSPS) is 21.9. The van der Waals surface area contributed by atoms with Gasteiger partial charge in [0.2, 0.25) is 11.8 Å². The molecule has 7 heteroatoms. The highest BCUT2D eigenvalue weighted by Gasteiger charge is 2.40. The van der Waals surface area contributed by atoms with Gasteiger partial charge in [-0.05, 0) is 43.4 Å². The van der Waals surface area contributed by atoms with E-state index in [4.69, 9.17) is 5.73 Å². The summed E-state index contributed by atoms with van der Waals surface area (Å²) in [5.41, 5.74) is 6.50. The summed E-state index contributed by atoms with van der Waals surface area (Å²) in [6.45, 7) is 0.920. The van der Waals surface area contributed by atoms with Gasteiger partial charge >= 0.3 is 0 Å². The Labute approximate surface area is 159 Å². The van der Waals surface area contributed by atoms with Crippen LogP contribution in [0.4, 0.5) is 5.69 Å². The summed E-state index contributed by atoms with van der Waals surface area (Å²) < 4.78 is 0. The van der Waals surface area contributed by atoms with E-state index in [1.165, 1.54) is 0 Å². The van der Waals surface area contributed by atoms with Gasteiger partial charge in [-0.25, -0.2) is 0 Å². The molecule has 5 nitrogen and oxygen atoms in total. The van der Waals surface area contributed by atoms with Crippen molar-refractivity contribution in [2.45, 2.75) is 42.5 Å². The highest BCUT2D eigenvalue weighted by Crippen LogP contribution is 2.31. The Hall–Kier alpha value is -1.24. The Morgan fingerprint density at radius 2 is 1.96 bits per heavy atom. The third-order valence-electron chi connectivity index (χ3n) is 5.22. The highest BCUT2D eigenvalue weighted by molar-refractivity contribution is 7.98. The van der Waals surface area contributed by atoms with Crippen LogP contribution in [0.3, 0.4) is 0 Å². The van der Waals surface area contributed by atoms with E-state index >= 15 is 0 Å². The van der Waals surface area contributed by atoms with Crippen molar-refractivity contribution in [3.8, 4) is 0 Å². The number of nitrogens with one attached hydrogen (secondary N) is 1. The number of rotatable bonds is 5. The lowest BCUT2D eigenvalue weighted by atomic mass is 9.96. The van der Waals surface area contributed by atoms with Crippen molar-refractivity contribution >= 4 is 41.7 Å². The fourth-order valence-corrected chi connectivity index (χ4v) is 4.10. The molecule has 3 N–H and O–H groups in total. The molecule has 1 aliphatic carbocycles. The summed E-state index contributed by atoms with van der Waals surface area (Å²) in [5, 5.41) is 3.15. The number of hydrogen-bond acceptors (Lipinski definition) is 4. The van der Waals surface area contributed by atoms with E-state index in [0.717, 1.165) is 36.3 Å². The van der Waals surface area contributed by atoms with Crippen LogP contribution in [0.2, 0.25) is 0 Å². The molecular weight excluding hydrogens is 358 g/mol. The van der Waals surface area contributed by atoms with Gasteiger partial charge in [0.1, 0.15) is 0 Å². The van der Waals surface area contributed by atoms with Gasteiger partial charge in [0, 0.05) is 30.1 Å². The molecule has 2 aliphatic rings. The predicted molar refractivity (Wildman–Crippen MR) is 104 cm³/mol. The minimum absolute atomic E-state index is 0. The second-order valence-electron chi connectivity index (χ2n) is 6.78. The number of nitrogens with two attached hydrogens (primary N) is 1. The monoisotopic (exact) mass is 383 g/mol. The van der Waals surface area contributed by atoms with Crippen LogP contribution in [0, 0.1) is 5.92 Å². The van der Waals surface area contributed by atoms with E-state index in [0.29, 0.717) is 13.1 Å². The van der Waals surface area contributed by atoms with Crippen molar-refractivity contribution in [3.05, 3.63) is 24.3 Å². The summed E-state index contributed by atoms with van der Waals surface area (Å²) in [6, 6.07) is 7.90. The Balaban J connectivity index is 0.00000225. The Kier molecular flexibility index (Phi) is 6.77. The number of thioether (sulfide) groups is 1. The van der Waals surface area contributed by atoms with Crippen molar-refractivity contribution in [1.29, 1.82) is 0 Å². The van der Waals surface area contributed by atoms with Gasteiger partial charge in [0.15, 0.2) is 0 Å². The molecule has 1 atom stereocenters. The number of halogens is 1. The van der Waals surface area contributed by atoms with E-state index < -0.39 is 0 Å². The summed E-state index contributed by atoms with van der Waals surface area (Å²) in [6.07, 6.45) is 6.39. The molecule has 138 valence electrons. The largest absolute Gasteiger partial charge is 0.349 e. The van der Waals surface area contributed by atoms with Crippen molar-refractivity contribution in [1.82, 2.24) is 5.32 Å². The van der Waals surface area contributed by atoms with E-state index in [-0.39, 0.29) is 42.1 Å². The fourth-order valence-electron chi connectivity index (χ4n) is 3.69. The molecule has 25 heavy (non-hydrogen) atoms. The van der Waals surface area contributed by atoms with Crippen molar-refractivity contribution in [3.63, 3.8) is 0 Å². The van der Waals surface area contributed by atoms with Gasteiger partial charge in [-0.3, -0.25) is 9.59 Å². The Bertz CT molecular complexity index is 617. The van der Waals surface area contributed by atoms with Crippen molar-refractivity contribution in [2.24, 2.45) is 11.7 Å². The maximum absolute atomic E-state index is 12.6. The molecule has 1 aliphatic heterocycles. The molecule has 1 unspecified atom stereocenters. The van der Waals surface area contributed by atoms with Gasteiger partial charge < -0.3 is 16.0 Å². The van der Waals surface area contributed by atoms with Crippen LogP contribution in [0.15, 0.2) is 29.2 Å². The lowest BCUT2D eigenvalue weighted by Crippen LogP contribution is -2.53. The van der Waals surface area contributed by atoms with Crippen molar-refractivity contribution < 1.29 is 9.59 Å². The standard InChI is InChI=1S/C18H25N3O2S.ClH/c1-24-15-6-4-14(5-7-15)21-11-13(10-16(21)22)17(23)20-18(12-19)8-2-3-9-18;/h4-7,13H,2-3,8-12,19H2,1H3,(H,20,23);1H. The van der Waals surface area contributed by atoms with Crippen LogP contribution >= 0.6 is 24.2 Å². The summed E-state index contributed by atoms with van der Waals surface area (Å²) in [4.78, 5) is 27.9. The third kappa shape index (κ3) is 4.30. The molecule has 0 aromatic heterocycles. The second kappa shape index (κ2) is 8.43. The first kappa shape index (κ1) is 20.1. The first-order chi connectivity index (χ1) is 11.6. The molecule has 1 saturated heterocycles. The molecule has 0 spiro atoms. The van der Waals surface area contributed by atoms with Crippen LogP contribution < -0.4 is 16.0 Å². The van der Waals surface area contributed by atoms with Gasteiger partial charge in [0.05, 0.1) is 11.5 Å². The number of amides is 2. The number of benzene rings is 1. The molecule has 1 aromatic carbocycles. The number of hydrogen-bond donors (Lipinski definition) is 2. The molecular formula is C18H26ClN3O2S. The number of anilines is 1. The molecule has 2 fully saturated rings. The minimum atomic E-state index is -0.290. The van der Waals surface area contributed by atoms with Crippen LogP contribution in [0.1, 0.15) is 32.1 Å². The van der Waals surface area contributed by atoms with Crippen LogP contribution in [-0.2, 0) is 9.59 Å². The Morgan fingerprint density at radius 1 is 1.32 bits per heavy atom. The second-order valence-corrected chi connectivity index (χ2v) is 7.66. The average Bonchev–Trinajstić information content (AvgIpc) is 3.22. The van der Waals surface area contributed by atoms with E-state index in [9.17, 15) is 9.59 Å². The molecule has 0 bridgehead atoms. The van der Waals surface area contributed by atoms with E-state index in [1.54, 1.807) is 16.7 Å². The third-order valence-corrected chi connectivity index (χ3v) is 5.96. The zero-order valence-corrected chi connectivity index (χ0v) is 16.1. The van der Waals surface area contributed by atoms with Gasteiger partial charge in [0.25, 0.3) is 0 Å². The Morgan fingerprint density at radius 3 is 2.52 bits per heavy atom. The number of carbonyl (C=O) groups is 2. The van der Waals surface area contributed by atoms with Crippen LogP contribution in [0.5, 0.6) is 0 Å². The smallest absolute Gasteiger partial charge is 0.227 e. The maximum atomic E-state index is 12.6. The first-order valence-electron chi connectivity index (χ1n) is 8.53. The quantitative estimate of drug-likeness (QED) is 0.766. The zero-order valence-electron chi connectivity index (χ0n) is 14.5. The van der Waals surface area contributed by atoms with Crippen LogP contribution in [-0.4, -0.2) is 36.7 Å². The lowest BCUT2D eigenvalue weighted by molar-refractivity contribution is -0.127. The summed E-state index contributed by atoms with van der Waals surface area (Å²) in [5.74, 6) is -0.305. The topological polar surface area (TPSA) is 75.4 Å². The SMILES string of the molecule is CSc1ccc(N2CC(C(=O)NC3(CN)CCCC3)CC2=O)cc1.Cl. The summed E-state index contributed by atoms with van der Waals surface area (Å²) >= 11 is 1.67. The summed E-state index contributed by atoms with van der Waals surface area (Å²) in [7, 11) is 0. The highest BCUT2D eigenvalue weighted by atomic mass is 35.5. The molecule has 1 saturated carbocycles. The predicted octanol–water partition coefficient (Wildman–Crippen LogP) is 2.57. The molecule has 1 heterocycles. The molecule has 1 aromatic rings. The van der Waals surface area contributed by atoms with E-state index in [1.807, 2.05) is 30.5 Å². The minimum Gasteiger partial charge on any atom is -0.349 e. The first-order valence-corrected chi connectivity index (χ1v) is 9.76. The zero-order chi connectivity index (χ0) is 17.2. The van der Waals surface area contributed by atoms with Gasteiger partial charge in [-0.1, -0.05) is 12.8 Å². The maximum Gasteiger partial charge on any atom is 0.227 e. The van der Waals surface area contributed by atoms with Gasteiger partial charge in [-0.15, -0.1) is 24.2 Å². The molecule has 0 radical (unpaired) electrons. The van der Waals surface area contributed by atoms with Gasteiger partial charge in [-0.2, -0.15) is 0 Å². The van der Waals surface area contributed by atoms with Crippen molar-refractivity contribution in [2.75, 3.05) is 24.2 Å². The fraction of sp³-hybridized carbons (Fsp3) is 0.556.